The summed E-state index contributed by atoms with van der Waals surface area (Å²) in [5.74, 6) is 0.818. The van der Waals surface area contributed by atoms with Gasteiger partial charge in [0.25, 0.3) is 0 Å². The Morgan fingerprint density at radius 3 is 2.45 bits per heavy atom. The number of hydrogen-bond donors (Lipinski definition) is 0. The molecule has 1 aliphatic rings. The molecule has 1 saturated carbocycles. The van der Waals surface area contributed by atoms with E-state index >= 15 is 0 Å². The number of carbonyl (C=O) groups is 1. The van der Waals surface area contributed by atoms with Crippen molar-refractivity contribution in [1.82, 2.24) is 0 Å². The van der Waals surface area contributed by atoms with Crippen molar-refractivity contribution in [3.8, 4) is 11.8 Å². The molecule has 0 saturated heterocycles. The lowest BCUT2D eigenvalue weighted by Crippen LogP contribution is -2.32. The van der Waals surface area contributed by atoms with Gasteiger partial charge in [0.1, 0.15) is 11.2 Å². The Bertz CT molecular complexity index is 545. The summed E-state index contributed by atoms with van der Waals surface area (Å²) < 4.78 is 6.63. The van der Waals surface area contributed by atoms with Crippen molar-refractivity contribution in [1.29, 1.82) is 5.26 Å². The van der Waals surface area contributed by atoms with Crippen LogP contribution in [0.15, 0.2) is 28.7 Å². The first-order valence-corrected chi connectivity index (χ1v) is 7.53. The zero-order chi connectivity index (χ0) is 14.8. The monoisotopic (exact) mass is 335 g/mol. The highest BCUT2D eigenvalue weighted by Gasteiger charge is 2.52. The van der Waals surface area contributed by atoms with Gasteiger partial charge < -0.3 is 4.74 Å². The second-order valence-corrected chi connectivity index (χ2v) is 6.87. The van der Waals surface area contributed by atoms with Crippen LogP contribution in [0.1, 0.15) is 33.1 Å². The minimum absolute atomic E-state index is 0.0620. The molecule has 0 bridgehead atoms. The molecule has 106 valence electrons. The second kappa shape index (κ2) is 5.57. The van der Waals surface area contributed by atoms with Crippen LogP contribution in [0.4, 0.5) is 0 Å². The molecule has 1 atom stereocenters. The van der Waals surface area contributed by atoms with Crippen LogP contribution in [-0.2, 0) is 4.79 Å². The summed E-state index contributed by atoms with van der Waals surface area (Å²) in [6.07, 6.45) is 1.87. The molecule has 4 heteroatoms. The van der Waals surface area contributed by atoms with Gasteiger partial charge in [-0.05, 0) is 37.1 Å². The molecule has 1 aromatic rings. The van der Waals surface area contributed by atoms with Crippen LogP contribution in [0, 0.1) is 22.2 Å². The largest absolute Gasteiger partial charge is 0.494 e. The van der Waals surface area contributed by atoms with Crippen LogP contribution in [0.5, 0.6) is 5.75 Å². The molecule has 3 nitrogen and oxygen atoms in total. The number of nitrogens with zero attached hydrogens (tertiary/aromatic N) is 1. The van der Waals surface area contributed by atoms with Gasteiger partial charge in [-0.15, -0.1) is 0 Å². The summed E-state index contributed by atoms with van der Waals surface area (Å²) >= 11 is 3.36. The number of carbonyl (C=O) groups excluding carboxylic acids is 1. The number of ether oxygens (including phenoxy) is 1. The van der Waals surface area contributed by atoms with Crippen LogP contribution >= 0.6 is 15.9 Å². The lowest BCUT2D eigenvalue weighted by molar-refractivity contribution is -0.130. The van der Waals surface area contributed by atoms with E-state index in [4.69, 9.17) is 4.74 Å². The fourth-order valence-electron chi connectivity index (χ4n) is 2.68. The maximum atomic E-state index is 12.4. The zero-order valence-electron chi connectivity index (χ0n) is 11.8. The lowest BCUT2D eigenvalue weighted by Gasteiger charge is -2.22. The van der Waals surface area contributed by atoms with Gasteiger partial charge in [0, 0.05) is 16.3 Å². The van der Waals surface area contributed by atoms with Crippen molar-refractivity contribution in [3.05, 3.63) is 28.7 Å². The summed E-state index contributed by atoms with van der Waals surface area (Å²) in [6, 6.07) is 9.77. The Balaban J connectivity index is 1.97. The smallest absolute Gasteiger partial charge is 0.158 e. The molecule has 0 aromatic heterocycles. The average Bonchev–Trinajstić information content (AvgIpc) is 2.66. The first kappa shape index (κ1) is 15.1. The van der Waals surface area contributed by atoms with E-state index in [0.717, 1.165) is 16.6 Å². The Morgan fingerprint density at radius 1 is 1.30 bits per heavy atom. The van der Waals surface area contributed by atoms with Crippen LogP contribution in [-0.4, -0.2) is 12.4 Å². The molecule has 20 heavy (non-hydrogen) atoms. The second-order valence-electron chi connectivity index (χ2n) is 5.96. The van der Waals surface area contributed by atoms with E-state index in [9.17, 15) is 10.1 Å². The van der Waals surface area contributed by atoms with E-state index in [1.165, 1.54) is 0 Å². The summed E-state index contributed by atoms with van der Waals surface area (Å²) in [5, 5.41) is 9.42. The Kier molecular flexibility index (Phi) is 4.19. The SMILES string of the molecule is CC1(C)CCC(C#N)(CCOc2ccc(Br)cc2)C1=O. The van der Waals surface area contributed by atoms with E-state index < -0.39 is 5.41 Å². The van der Waals surface area contributed by atoms with Crippen LogP contribution in [0.2, 0.25) is 0 Å². The fraction of sp³-hybridized carbons (Fsp3) is 0.500. The Morgan fingerprint density at radius 2 is 1.95 bits per heavy atom. The van der Waals surface area contributed by atoms with Gasteiger partial charge in [-0.25, -0.2) is 0 Å². The number of nitriles is 1. The first-order chi connectivity index (χ1) is 9.39. The van der Waals surface area contributed by atoms with Gasteiger partial charge in [-0.3, -0.25) is 4.79 Å². The molecule has 1 aromatic carbocycles. The summed E-state index contributed by atoms with van der Waals surface area (Å²) in [4.78, 5) is 12.4. The molecular formula is C16H18BrNO2. The maximum Gasteiger partial charge on any atom is 0.158 e. The van der Waals surface area contributed by atoms with E-state index in [1.807, 2.05) is 38.1 Å². The number of benzene rings is 1. The maximum absolute atomic E-state index is 12.4. The fourth-order valence-corrected chi connectivity index (χ4v) is 2.94. The van der Waals surface area contributed by atoms with Crippen molar-refractivity contribution < 1.29 is 9.53 Å². The summed E-state index contributed by atoms with van der Waals surface area (Å²) in [5.41, 5.74) is -1.24. The predicted octanol–water partition coefficient (Wildman–Crippen LogP) is 4.12. The topological polar surface area (TPSA) is 50.1 Å². The lowest BCUT2D eigenvalue weighted by atomic mass is 9.79. The minimum Gasteiger partial charge on any atom is -0.494 e. The quantitative estimate of drug-likeness (QED) is 0.831. The van der Waals surface area contributed by atoms with Gasteiger partial charge in [0.15, 0.2) is 5.78 Å². The van der Waals surface area contributed by atoms with E-state index in [1.54, 1.807) is 0 Å². The van der Waals surface area contributed by atoms with Gasteiger partial charge in [-0.1, -0.05) is 29.8 Å². The third-order valence-electron chi connectivity index (χ3n) is 4.05. The third kappa shape index (κ3) is 2.88. The van der Waals surface area contributed by atoms with Gasteiger partial charge >= 0.3 is 0 Å². The van der Waals surface area contributed by atoms with Crippen molar-refractivity contribution in [2.45, 2.75) is 33.1 Å². The molecule has 0 radical (unpaired) electrons. The Hall–Kier alpha value is -1.34. The van der Waals surface area contributed by atoms with Gasteiger partial charge in [0.05, 0.1) is 12.7 Å². The van der Waals surface area contributed by atoms with Gasteiger partial charge in [-0.2, -0.15) is 5.26 Å². The molecular weight excluding hydrogens is 318 g/mol. The molecule has 0 heterocycles. The minimum atomic E-state index is -0.862. The van der Waals surface area contributed by atoms with Crippen molar-refractivity contribution in [3.63, 3.8) is 0 Å². The summed E-state index contributed by atoms with van der Waals surface area (Å²) in [7, 11) is 0. The molecule has 1 unspecified atom stereocenters. The highest BCUT2D eigenvalue weighted by molar-refractivity contribution is 9.10. The van der Waals surface area contributed by atoms with Crippen molar-refractivity contribution in [2.75, 3.05) is 6.61 Å². The van der Waals surface area contributed by atoms with Gasteiger partial charge in [0.2, 0.25) is 0 Å². The van der Waals surface area contributed by atoms with Crippen LogP contribution in [0.3, 0.4) is 0 Å². The molecule has 1 fully saturated rings. The Labute approximate surface area is 128 Å². The molecule has 0 amide bonds. The van der Waals surface area contributed by atoms with E-state index in [0.29, 0.717) is 19.4 Å². The highest BCUT2D eigenvalue weighted by Crippen LogP contribution is 2.47. The molecule has 2 rings (SSSR count). The third-order valence-corrected chi connectivity index (χ3v) is 4.58. The number of ketones is 1. The van der Waals surface area contributed by atoms with E-state index in [-0.39, 0.29) is 11.2 Å². The van der Waals surface area contributed by atoms with Crippen LogP contribution < -0.4 is 4.74 Å². The normalized spacial score (nSPS) is 24.4. The number of rotatable bonds is 4. The zero-order valence-corrected chi connectivity index (χ0v) is 13.4. The standard InChI is InChI=1S/C16H18BrNO2/c1-15(2)7-8-16(11-18,14(15)19)9-10-20-13-5-3-12(17)4-6-13/h3-6H,7-10H2,1-2H3. The molecule has 1 aliphatic carbocycles. The summed E-state index contributed by atoms with van der Waals surface area (Å²) in [6.45, 7) is 4.23. The molecule has 0 spiro atoms. The molecule has 0 N–H and O–H groups in total. The van der Waals surface area contributed by atoms with Crippen molar-refractivity contribution in [2.24, 2.45) is 10.8 Å². The number of Topliss-reactive ketones (excluding diaryl/α,β-unsaturated/α-hetero) is 1. The number of hydrogen-bond acceptors (Lipinski definition) is 3. The molecule has 0 aliphatic heterocycles. The van der Waals surface area contributed by atoms with E-state index in [2.05, 4.69) is 22.0 Å². The van der Waals surface area contributed by atoms with Crippen LogP contribution in [0.25, 0.3) is 0 Å². The predicted molar refractivity (Wildman–Crippen MR) is 80.3 cm³/mol. The first-order valence-electron chi connectivity index (χ1n) is 6.74. The highest BCUT2D eigenvalue weighted by atomic mass is 79.9. The number of halogens is 1. The average molecular weight is 336 g/mol. The van der Waals surface area contributed by atoms with Crippen molar-refractivity contribution >= 4 is 21.7 Å².